The zero-order valence-corrected chi connectivity index (χ0v) is 19.1. The molecule has 1 amide bonds. The maximum atomic E-state index is 12.7. The molecule has 3 heterocycles. The summed E-state index contributed by atoms with van der Waals surface area (Å²) in [5.74, 6) is 1.91. The number of carbonyl (C=O) groups excluding carboxylic acids is 1. The average Bonchev–Trinajstić information content (AvgIpc) is 3.48. The van der Waals surface area contributed by atoms with E-state index in [4.69, 9.17) is 9.15 Å². The third kappa shape index (κ3) is 4.52. The van der Waals surface area contributed by atoms with Crippen LogP contribution in [0.1, 0.15) is 55.7 Å². The first-order chi connectivity index (χ1) is 15.4. The van der Waals surface area contributed by atoms with Gasteiger partial charge < -0.3 is 14.1 Å². The highest BCUT2D eigenvalue weighted by Gasteiger charge is 2.34. The van der Waals surface area contributed by atoms with Crippen molar-refractivity contribution >= 4 is 5.91 Å². The van der Waals surface area contributed by atoms with E-state index in [1.807, 2.05) is 28.6 Å². The third-order valence-corrected chi connectivity index (χ3v) is 5.58. The summed E-state index contributed by atoms with van der Waals surface area (Å²) >= 11 is 0. The van der Waals surface area contributed by atoms with Crippen molar-refractivity contribution in [3.63, 3.8) is 0 Å². The predicted octanol–water partition coefficient (Wildman–Crippen LogP) is 2.97. The summed E-state index contributed by atoms with van der Waals surface area (Å²) in [6.07, 6.45) is 1.53. The molecule has 1 atom stereocenters. The lowest BCUT2D eigenvalue weighted by atomic mass is 10.0. The number of hydrogen-bond acceptors (Lipinski definition) is 7. The number of rotatable bonds is 6. The van der Waals surface area contributed by atoms with E-state index in [0.29, 0.717) is 38.5 Å². The zero-order valence-electron chi connectivity index (χ0n) is 19.1. The van der Waals surface area contributed by atoms with Crippen LogP contribution in [0.3, 0.4) is 0 Å². The molecule has 2 aromatic heterocycles. The van der Waals surface area contributed by atoms with E-state index in [-0.39, 0.29) is 17.5 Å². The molecule has 32 heavy (non-hydrogen) atoms. The van der Waals surface area contributed by atoms with Crippen molar-refractivity contribution in [1.29, 1.82) is 0 Å². The highest BCUT2D eigenvalue weighted by atomic mass is 16.5. The van der Waals surface area contributed by atoms with Crippen LogP contribution in [0.15, 0.2) is 47.1 Å². The van der Waals surface area contributed by atoms with Crippen molar-refractivity contribution in [2.75, 3.05) is 32.8 Å². The summed E-state index contributed by atoms with van der Waals surface area (Å²) in [4.78, 5) is 16.8. The molecule has 0 unspecified atom stereocenters. The number of tetrazole rings is 1. The largest absolute Gasteiger partial charge is 0.494 e. The van der Waals surface area contributed by atoms with Crippen LogP contribution < -0.4 is 4.74 Å². The van der Waals surface area contributed by atoms with E-state index in [2.05, 4.69) is 53.3 Å². The molecule has 0 radical (unpaired) electrons. The van der Waals surface area contributed by atoms with Gasteiger partial charge in [0.05, 0.1) is 24.5 Å². The van der Waals surface area contributed by atoms with Gasteiger partial charge in [-0.2, -0.15) is 0 Å². The van der Waals surface area contributed by atoms with Crippen molar-refractivity contribution in [3.8, 4) is 5.75 Å². The van der Waals surface area contributed by atoms with Crippen molar-refractivity contribution in [2.45, 2.75) is 39.3 Å². The first kappa shape index (κ1) is 22.0. The molecule has 0 spiro atoms. The molecule has 1 aliphatic rings. The van der Waals surface area contributed by atoms with Crippen LogP contribution in [-0.4, -0.2) is 68.7 Å². The molecule has 1 saturated heterocycles. The molecule has 3 aromatic rings. The average molecular weight is 439 g/mol. The molecule has 9 nitrogen and oxygen atoms in total. The van der Waals surface area contributed by atoms with Gasteiger partial charge in [-0.3, -0.25) is 9.69 Å². The fourth-order valence-corrected chi connectivity index (χ4v) is 4.02. The first-order valence-corrected chi connectivity index (χ1v) is 11.0. The Balaban J connectivity index is 1.60. The van der Waals surface area contributed by atoms with Gasteiger partial charge in [0.2, 0.25) is 0 Å². The number of benzene rings is 1. The summed E-state index contributed by atoms with van der Waals surface area (Å²) in [5, 5.41) is 12.7. The Morgan fingerprint density at radius 1 is 1.12 bits per heavy atom. The summed E-state index contributed by atoms with van der Waals surface area (Å²) in [6.45, 7) is 11.4. The Morgan fingerprint density at radius 2 is 1.84 bits per heavy atom. The van der Waals surface area contributed by atoms with E-state index in [0.717, 1.165) is 17.1 Å². The van der Waals surface area contributed by atoms with Crippen molar-refractivity contribution in [3.05, 3.63) is 59.8 Å². The lowest BCUT2D eigenvalue weighted by Crippen LogP contribution is -2.50. The highest BCUT2D eigenvalue weighted by molar-refractivity contribution is 5.91. The molecule has 1 aromatic carbocycles. The summed E-state index contributed by atoms with van der Waals surface area (Å²) < 4.78 is 12.8. The molecule has 170 valence electrons. The Kier molecular flexibility index (Phi) is 6.27. The van der Waals surface area contributed by atoms with Crippen LogP contribution >= 0.6 is 0 Å². The number of amides is 1. The minimum Gasteiger partial charge on any atom is -0.494 e. The second kappa shape index (κ2) is 9.12. The predicted molar refractivity (Wildman–Crippen MR) is 118 cm³/mol. The van der Waals surface area contributed by atoms with Gasteiger partial charge in [0.15, 0.2) is 11.6 Å². The second-order valence-corrected chi connectivity index (χ2v) is 8.83. The smallest absolute Gasteiger partial charge is 0.289 e. The fourth-order valence-electron chi connectivity index (χ4n) is 4.02. The molecule has 9 heteroatoms. The van der Waals surface area contributed by atoms with Crippen LogP contribution in [0.4, 0.5) is 0 Å². The van der Waals surface area contributed by atoms with Gasteiger partial charge in [-0.15, -0.1) is 5.10 Å². The number of aromatic nitrogens is 4. The van der Waals surface area contributed by atoms with Crippen LogP contribution in [0.25, 0.3) is 0 Å². The Bertz CT molecular complexity index is 1010. The lowest BCUT2D eigenvalue weighted by Gasteiger charge is -2.39. The van der Waals surface area contributed by atoms with Gasteiger partial charge in [0.1, 0.15) is 5.75 Å². The first-order valence-electron chi connectivity index (χ1n) is 11.0. The van der Waals surface area contributed by atoms with Gasteiger partial charge in [-0.25, -0.2) is 4.68 Å². The van der Waals surface area contributed by atoms with Crippen molar-refractivity contribution < 1.29 is 13.9 Å². The summed E-state index contributed by atoms with van der Waals surface area (Å²) in [5.41, 5.74) is 0.818. The van der Waals surface area contributed by atoms with Gasteiger partial charge in [0, 0.05) is 26.2 Å². The van der Waals surface area contributed by atoms with E-state index in [1.54, 1.807) is 12.1 Å². The number of hydrogen-bond donors (Lipinski definition) is 0. The van der Waals surface area contributed by atoms with E-state index in [1.165, 1.54) is 6.26 Å². The molecular weight excluding hydrogens is 408 g/mol. The molecule has 1 aliphatic heterocycles. The van der Waals surface area contributed by atoms with Crippen LogP contribution in [0, 0.1) is 0 Å². The van der Waals surface area contributed by atoms with Gasteiger partial charge >= 0.3 is 0 Å². The van der Waals surface area contributed by atoms with Gasteiger partial charge in [-0.1, -0.05) is 12.1 Å². The maximum absolute atomic E-state index is 12.7. The standard InChI is InChI=1S/C23H30N6O3/c1-5-31-18-10-8-17(9-11-18)20(21-24-25-26-29(21)23(2,3)4)27-12-14-28(15-13-27)22(30)19-7-6-16-32-19/h6-11,16,20H,5,12-15H2,1-4H3/t20-/m0/s1. The molecule has 0 bridgehead atoms. The SMILES string of the molecule is CCOc1ccc([C@@H](c2nnnn2C(C)(C)C)N2CCN(C(=O)c3ccco3)CC2)cc1. The molecule has 0 saturated carbocycles. The maximum Gasteiger partial charge on any atom is 0.289 e. The van der Waals surface area contributed by atoms with E-state index >= 15 is 0 Å². The minimum atomic E-state index is -0.264. The van der Waals surface area contributed by atoms with Crippen molar-refractivity contribution in [1.82, 2.24) is 30.0 Å². The van der Waals surface area contributed by atoms with E-state index in [9.17, 15) is 4.79 Å². The highest BCUT2D eigenvalue weighted by Crippen LogP contribution is 2.31. The number of piperazine rings is 1. The number of nitrogens with zero attached hydrogens (tertiary/aromatic N) is 6. The third-order valence-electron chi connectivity index (χ3n) is 5.58. The molecule has 0 aliphatic carbocycles. The van der Waals surface area contributed by atoms with Gasteiger partial charge in [-0.05, 0) is 68.0 Å². The topological polar surface area (TPSA) is 89.5 Å². The summed E-state index contributed by atoms with van der Waals surface area (Å²) in [7, 11) is 0. The molecular formula is C23H30N6O3. The Morgan fingerprint density at radius 3 is 2.44 bits per heavy atom. The normalized spacial score (nSPS) is 16.2. The Hall–Kier alpha value is -3.20. The Labute approximate surface area is 187 Å². The minimum absolute atomic E-state index is 0.0770. The van der Waals surface area contributed by atoms with Crippen LogP contribution in [0.2, 0.25) is 0 Å². The lowest BCUT2D eigenvalue weighted by molar-refractivity contribution is 0.0556. The number of carbonyl (C=O) groups is 1. The molecule has 1 fully saturated rings. The number of furan rings is 1. The molecule has 4 rings (SSSR count). The van der Waals surface area contributed by atoms with Crippen molar-refractivity contribution in [2.24, 2.45) is 0 Å². The monoisotopic (exact) mass is 438 g/mol. The quantitative estimate of drug-likeness (QED) is 0.584. The second-order valence-electron chi connectivity index (χ2n) is 8.83. The zero-order chi connectivity index (χ0) is 22.7. The summed E-state index contributed by atoms with van der Waals surface area (Å²) in [6, 6.07) is 11.4. The van der Waals surface area contributed by atoms with Gasteiger partial charge in [0.25, 0.3) is 5.91 Å². The molecule has 0 N–H and O–H groups in total. The number of ether oxygens (including phenoxy) is 1. The van der Waals surface area contributed by atoms with Crippen LogP contribution in [-0.2, 0) is 5.54 Å². The van der Waals surface area contributed by atoms with Crippen LogP contribution in [0.5, 0.6) is 5.75 Å². The fraction of sp³-hybridized carbons (Fsp3) is 0.478. The van der Waals surface area contributed by atoms with E-state index < -0.39 is 0 Å².